The molecule has 0 aromatic carbocycles. The van der Waals surface area contributed by atoms with Crippen LogP contribution in [-0.2, 0) is 83.6 Å². The van der Waals surface area contributed by atoms with Crippen LogP contribution in [0.2, 0.25) is 0 Å². The molecule has 0 radical (unpaired) electrons. The highest BCUT2D eigenvalue weighted by atomic mass is 35.5. The summed E-state index contributed by atoms with van der Waals surface area (Å²) >= 11 is 21.1. The summed E-state index contributed by atoms with van der Waals surface area (Å²) in [5.74, 6) is -0.349. The standard InChI is InChI=1S/3C23H36ClN6O7P/c3*1-7-33-19-16-18(27-22(25)28-19)30(11-26-16)21-23(6,24)17-15(36-21)10-35-38(32,37-17)29-14(8-12(2)3)9-34-20(31)13(4)5/h3*11-15,17,21H,7-10H2,1-6H3,(H,29,32)(H2,25,27,28)/t14-,15+,17+,21+,23+,38+;14-,15-,17-,21-,23-,38+;14-,15-,17-,21-,23-,38-/m011/s1. The van der Waals surface area contributed by atoms with E-state index in [2.05, 4.69) is 60.1 Å². The number of alkyl halides is 3. The average molecular weight is 1730 g/mol. The molecule has 6 aliphatic rings. The molecule has 6 aliphatic heterocycles. The van der Waals surface area contributed by atoms with Crippen LogP contribution in [0.1, 0.15) is 163 Å². The lowest BCUT2D eigenvalue weighted by molar-refractivity contribution is -0.148. The molecule has 0 bridgehead atoms. The maximum Gasteiger partial charge on any atom is 0.406 e. The minimum absolute atomic E-state index is 0.0111. The van der Waals surface area contributed by atoms with Gasteiger partial charge in [0.05, 0.1) is 94.5 Å². The number of fused-ring (bicyclic) bond motifs is 6. The molecule has 12 rings (SSSR count). The Morgan fingerprint density at radius 1 is 0.456 bits per heavy atom. The number of nitrogens with zero attached hydrogens (tertiary/aromatic N) is 12. The number of imidazole rings is 3. The van der Waals surface area contributed by atoms with Gasteiger partial charge in [0.25, 0.3) is 0 Å². The second-order valence-corrected chi connectivity index (χ2v) is 38.8. The van der Waals surface area contributed by atoms with Gasteiger partial charge in [-0.3, -0.25) is 55.2 Å². The van der Waals surface area contributed by atoms with Crippen molar-refractivity contribution >= 4 is 127 Å². The minimum atomic E-state index is -3.83. The molecule has 39 nitrogen and oxygen atoms in total. The zero-order valence-corrected chi connectivity index (χ0v) is 72.2. The lowest BCUT2D eigenvalue weighted by Gasteiger charge is -2.36. The summed E-state index contributed by atoms with van der Waals surface area (Å²) in [5.41, 5.74) is 20.1. The summed E-state index contributed by atoms with van der Waals surface area (Å²) in [4.78, 5) is 70.9. The molecule has 6 aromatic heterocycles. The number of rotatable bonds is 30. The van der Waals surface area contributed by atoms with Crippen molar-refractivity contribution in [1.29, 1.82) is 0 Å². The normalized spacial score (nSPS) is 30.1. The van der Waals surface area contributed by atoms with Crippen molar-refractivity contribution in [2.75, 3.05) is 76.7 Å². The quantitative estimate of drug-likeness (QED) is 0.0106. The van der Waals surface area contributed by atoms with Crippen molar-refractivity contribution in [3.05, 3.63) is 19.0 Å². The number of nitrogens with two attached hydrogens (primary N) is 3. The summed E-state index contributed by atoms with van der Waals surface area (Å²) in [6.07, 6.45) is -0.368. The van der Waals surface area contributed by atoms with Gasteiger partial charge in [-0.15, -0.1) is 34.8 Å². The Morgan fingerprint density at radius 3 is 0.921 bits per heavy atom. The summed E-state index contributed by atoms with van der Waals surface area (Å²) < 4.78 is 133. The number of hydrogen-bond acceptors (Lipinski definition) is 33. The van der Waals surface area contributed by atoms with E-state index in [4.69, 9.17) is 122 Å². The van der Waals surface area contributed by atoms with Gasteiger partial charge in [0.1, 0.15) is 71.1 Å². The van der Waals surface area contributed by atoms with Gasteiger partial charge in [-0.2, -0.15) is 29.9 Å². The van der Waals surface area contributed by atoms with E-state index < -0.39 is 111 Å². The monoisotopic (exact) mass is 1720 g/mol. The molecule has 6 fully saturated rings. The number of carbonyl (C=O) groups excluding carboxylic acids is 3. The van der Waals surface area contributed by atoms with Crippen LogP contribution in [0.5, 0.6) is 17.6 Å². The molecule has 6 aromatic rings. The smallest absolute Gasteiger partial charge is 0.406 e. The molecule has 18 atom stereocenters. The molecule has 114 heavy (non-hydrogen) atoms. The van der Waals surface area contributed by atoms with Crippen LogP contribution in [0.4, 0.5) is 17.8 Å². The predicted molar refractivity (Wildman–Crippen MR) is 419 cm³/mol. The second kappa shape index (κ2) is 37.1. The molecular formula is C69H108Cl3N18O21P3. The van der Waals surface area contributed by atoms with E-state index in [1.807, 2.05) is 62.3 Å². The van der Waals surface area contributed by atoms with E-state index in [1.54, 1.807) is 76.0 Å². The molecule has 45 heteroatoms. The number of halogens is 3. The molecule has 6 saturated heterocycles. The Kier molecular flexibility index (Phi) is 29.4. The highest BCUT2D eigenvalue weighted by molar-refractivity contribution is 7.52. The highest BCUT2D eigenvalue weighted by Crippen LogP contribution is 2.61. The van der Waals surface area contributed by atoms with Crippen molar-refractivity contribution in [2.24, 2.45) is 35.5 Å². The Bertz CT molecular complexity index is 4060. The van der Waals surface area contributed by atoms with Crippen LogP contribution >= 0.6 is 58.0 Å². The van der Waals surface area contributed by atoms with Crippen LogP contribution < -0.4 is 46.7 Å². The first kappa shape index (κ1) is 90.3. The van der Waals surface area contributed by atoms with Crippen LogP contribution in [0.15, 0.2) is 19.0 Å². The van der Waals surface area contributed by atoms with Gasteiger partial charge < -0.3 is 59.8 Å². The van der Waals surface area contributed by atoms with Crippen LogP contribution in [0.3, 0.4) is 0 Å². The Morgan fingerprint density at radius 2 is 0.702 bits per heavy atom. The fourth-order valence-electron chi connectivity index (χ4n) is 13.6. The molecule has 636 valence electrons. The predicted octanol–water partition coefficient (Wildman–Crippen LogP) is 10.3. The SMILES string of the molecule is CCOc1nc(N)nc2c1ncn2[C@@H]1O[C@@H]2CO[P@@](=O)(N[C@@H](COC(=O)C(C)C)CC(C)C)O[C@H]2[C@@]1(C)Cl.CCOc1nc(N)nc2c1ncn2[C@@H]1O[C@@H]2CO[P@](=O)(N[C@@H](COC(=O)C(C)C)CC(C)C)O[C@H]2[C@@]1(C)Cl.CCOc1nc(N)nc2c1ncn2[C@@H]1O[C@@H]2CO[P@](=O)(N[C@H](COC(=O)C(C)C)CC(C)C)O[C@H]2[C@@]1(C)Cl. The number of nitrogen functional groups attached to an aromatic ring is 3. The summed E-state index contributed by atoms with van der Waals surface area (Å²) in [7, 11) is -11.5. The lowest BCUT2D eigenvalue weighted by atomic mass is 10.0. The van der Waals surface area contributed by atoms with E-state index in [-0.39, 0.29) is 129 Å². The number of ether oxygens (including phenoxy) is 9. The van der Waals surface area contributed by atoms with Gasteiger partial charge in [0.2, 0.25) is 35.5 Å². The fraction of sp³-hybridized carbons (Fsp3) is 0.739. The molecule has 0 aliphatic carbocycles. The van der Waals surface area contributed by atoms with Crippen LogP contribution in [0, 0.1) is 35.5 Å². The van der Waals surface area contributed by atoms with E-state index in [0.717, 1.165) is 0 Å². The largest absolute Gasteiger partial charge is 0.476 e. The maximum absolute atomic E-state index is 13.7. The van der Waals surface area contributed by atoms with Gasteiger partial charge in [-0.05, 0) is 78.6 Å². The van der Waals surface area contributed by atoms with Crippen LogP contribution in [-0.4, -0.2) is 205 Å². The zero-order valence-electron chi connectivity index (χ0n) is 67.3. The topological polar surface area (TPSA) is 486 Å². The number of esters is 3. The van der Waals surface area contributed by atoms with Crippen molar-refractivity contribution in [1.82, 2.24) is 73.8 Å². The Balaban J connectivity index is 0.000000181. The molecule has 9 N–H and O–H groups in total. The van der Waals surface area contributed by atoms with Gasteiger partial charge in [0, 0.05) is 0 Å². The Hall–Kier alpha value is -6.06. The molecule has 0 unspecified atom stereocenters. The summed E-state index contributed by atoms with van der Waals surface area (Å²) in [5, 5.41) is 8.89. The Labute approximate surface area is 676 Å². The van der Waals surface area contributed by atoms with Gasteiger partial charge in [-0.25, -0.2) is 43.9 Å². The maximum atomic E-state index is 13.7. The van der Waals surface area contributed by atoms with E-state index in [9.17, 15) is 28.1 Å². The van der Waals surface area contributed by atoms with E-state index in [1.165, 1.54) is 19.0 Å². The molecule has 0 saturated carbocycles. The first-order valence-corrected chi connectivity index (χ1v) is 43.8. The van der Waals surface area contributed by atoms with Gasteiger partial charge in [0.15, 0.2) is 52.2 Å². The van der Waals surface area contributed by atoms with Crippen molar-refractivity contribution in [3.63, 3.8) is 0 Å². The number of anilines is 3. The first-order valence-electron chi connectivity index (χ1n) is 38.1. The van der Waals surface area contributed by atoms with E-state index in [0.29, 0.717) is 72.6 Å². The molecule has 0 amide bonds. The molecule has 12 heterocycles. The second-order valence-electron chi connectivity index (χ2n) is 31.1. The van der Waals surface area contributed by atoms with Crippen LogP contribution in [0.25, 0.3) is 33.5 Å². The number of hydrogen-bond donors (Lipinski definition) is 6. The number of nitrogens with one attached hydrogen (secondary N) is 3. The zero-order chi connectivity index (χ0) is 83.5. The van der Waals surface area contributed by atoms with Crippen molar-refractivity contribution < 1.29 is 97.9 Å². The highest BCUT2D eigenvalue weighted by Gasteiger charge is 2.63. The first-order chi connectivity index (χ1) is 53.5. The number of carbonyl (C=O) groups is 3. The average Bonchev–Trinajstić information content (AvgIpc) is 1.59. The third-order valence-corrected chi connectivity index (χ3v) is 25.1. The molecular weight excluding hydrogens is 1620 g/mol. The minimum Gasteiger partial charge on any atom is -0.476 e. The van der Waals surface area contributed by atoms with Crippen molar-refractivity contribution in [2.45, 2.75) is 232 Å². The summed E-state index contributed by atoms with van der Waals surface area (Å²) in [6.45, 7) is 34.4. The van der Waals surface area contributed by atoms with Gasteiger partial charge >= 0.3 is 41.1 Å². The van der Waals surface area contributed by atoms with E-state index >= 15 is 0 Å². The fourth-order valence-corrected chi connectivity index (χ4v) is 20.3. The van der Waals surface area contributed by atoms with Crippen molar-refractivity contribution in [3.8, 4) is 17.6 Å². The lowest BCUT2D eigenvalue weighted by Crippen LogP contribution is -2.47. The third-order valence-electron chi connectivity index (χ3n) is 18.8. The number of aromatic nitrogens is 12. The molecule has 0 spiro atoms. The summed E-state index contributed by atoms with van der Waals surface area (Å²) in [6, 6.07) is -1.35. The third kappa shape index (κ3) is 20.8. The van der Waals surface area contributed by atoms with Gasteiger partial charge in [-0.1, -0.05) is 83.1 Å².